The Hall–Kier alpha value is -1.16. The lowest BCUT2D eigenvalue weighted by Crippen LogP contribution is -2.15. The zero-order chi connectivity index (χ0) is 11.4. The molecule has 0 spiro atoms. The number of ether oxygens (including phenoxy) is 1. The number of hydrogen-bond acceptors (Lipinski definition) is 4. The first-order chi connectivity index (χ1) is 7.75. The predicted molar refractivity (Wildman–Crippen MR) is 62.6 cm³/mol. The van der Waals surface area contributed by atoms with E-state index in [0.717, 1.165) is 31.3 Å². The van der Waals surface area contributed by atoms with Gasteiger partial charge in [0.15, 0.2) is 5.75 Å². The molecule has 2 heterocycles. The summed E-state index contributed by atoms with van der Waals surface area (Å²) in [7, 11) is 0. The maximum atomic E-state index is 5.66. The summed E-state index contributed by atoms with van der Waals surface area (Å²) in [5, 5.41) is 3.32. The van der Waals surface area contributed by atoms with Crippen molar-refractivity contribution in [3.8, 4) is 5.75 Å². The monoisotopic (exact) mass is 221 g/mol. The average molecular weight is 221 g/mol. The average Bonchev–Trinajstić information content (AvgIpc) is 2.80. The minimum Gasteiger partial charge on any atom is -0.490 e. The standard InChI is InChI=1S/C12H19N3O/c1-9(2)12-14-6-11(7-15-12)16-8-10-3-4-13-5-10/h6-7,9-10,13H,3-5,8H2,1-2H3. The molecule has 1 aliphatic heterocycles. The van der Waals surface area contributed by atoms with Crippen LogP contribution in [0.25, 0.3) is 0 Å². The van der Waals surface area contributed by atoms with E-state index in [0.29, 0.717) is 11.8 Å². The predicted octanol–water partition coefficient (Wildman–Crippen LogP) is 1.59. The molecule has 4 nitrogen and oxygen atoms in total. The molecule has 1 aromatic heterocycles. The molecule has 88 valence electrons. The number of aromatic nitrogens is 2. The van der Waals surface area contributed by atoms with Gasteiger partial charge in [-0.3, -0.25) is 0 Å². The lowest BCUT2D eigenvalue weighted by atomic mass is 10.1. The van der Waals surface area contributed by atoms with Gasteiger partial charge in [-0.15, -0.1) is 0 Å². The van der Waals surface area contributed by atoms with E-state index in [2.05, 4.69) is 29.1 Å². The minimum atomic E-state index is 0.369. The molecule has 1 atom stereocenters. The second-order valence-corrected chi connectivity index (χ2v) is 4.60. The van der Waals surface area contributed by atoms with Crippen molar-refractivity contribution in [1.82, 2.24) is 15.3 Å². The smallest absolute Gasteiger partial charge is 0.155 e. The molecule has 16 heavy (non-hydrogen) atoms. The number of nitrogens with one attached hydrogen (secondary N) is 1. The van der Waals surface area contributed by atoms with Crippen LogP contribution in [0.2, 0.25) is 0 Å². The summed E-state index contributed by atoms with van der Waals surface area (Å²) in [5.74, 6) is 2.64. The zero-order valence-electron chi connectivity index (χ0n) is 9.94. The van der Waals surface area contributed by atoms with Gasteiger partial charge in [-0.1, -0.05) is 13.8 Å². The summed E-state index contributed by atoms with van der Waals surface area (Å²) in [6.07, 6.45) is 4.74. The summed E-state index contributed by atoms with van der Waals surface area (Å²) >= 11 is 0. The molecule has 2 rings (SSSR count). The molecule has 1 aromatic rings. The quantitative estimate of drug-likeness (QED) is 0.838. The molecule has 0 amide bonds. The van der Waals surface area contributed by atoms with Gasteiger partial charge in [0.1, 0.15) is 5.82 Å². The fourth-order valence-corrected chi connectivity index (χ4v) is 1.77. The Morgan fingerprint density at radius 3 is 2.75 bits per heavy atom. The van der Waals surface area contributed by atoms with Crippen LogP contribution < -0.4 is 10.1 Å². The van der Waals surface area contributed by atoms with E-state index in [1.165, 1.54) is 6.42 Å². The Morgan fingerprint density at radius 1 is 1.44 bits per heavy atom. The van der Waals surface area contributed by atoms with E-state index >= 15 is 0 Å². The summed E-state index contributed by atoms with van der Waals surface area (Å²) < 4.78 is 5.66. The highest BCUT2D eigenvalue weighted by atomic mass is 16.5. The van der Waals surface area contributed by atoms with Crippen molar-refractivity contribution in [2.24, 2.45) is 5.92 Å². The third-order valence-electron chi connectivity index (χ3n) is 2.81. The highest BCUT2D eigenvalue weighted by Gasteiger charge is 2.15. The van der Waals surface area contributed by atoms with Gasteiger partial charge in [0, 0.05) is 18.4 Å². The van der Waals surface area contributed by atoms with Gasteiger partial charge in [0.05, 0.1) is 19.0 Å². The van der Waals surface area contributed by atoms with Crippen molar-refractivity contribution in [2.45, 2.75) is 26.2 Å². The fourth-order valence-electron chi connectivity index (χ4n) is 1.77. The van der Waals surface area contributed by atoms with Crippen LogP contribution in [0, 0.1) is 5.92 Å². The molecular weight excluding hydrogens is 202 g/mol. The Bertz CT molecular complexity index is 318. The molecule has 1 unspecified atom stereocenters. The van der Waals surface area contributed by atoms with E-state index < -0.39 is 0 Å². The van der Waals surface area contributed by atoms with E-state index in [1.54, 1.807) is 12.4 Å². The maximum absolute atomic E-state index is 5.66. The van der Waals surface area contributed by atoms with Gasteiger partial charge >= 0.3 is 0 Å². The van der Waals surface area contributed by atoms with Crippen LogP contribution in [0.3, 0.4) is 0 Å². The van der Waals surface area contributed by atoms with Crippen LogP contribution in [0.5, 0.6) is 5.75 Å². The summed E-state index contributed by atoms with van der Waals surface area (Å²) in [6, 6.07) is 0. The Kier molecular flexibility index (Phi) is 3.72. The third kappa shape index (κ3) is 2.92. The highest BCUT2D eigenvalue weighted by molar-refractivity contribution is 5.13. The lowest BCUT2D eigenvalue weighted by molar-refractivity contribution is 0.258. The molecule has 0 saturated carbocycles. The third-order valence-corrected chi connectivity index (χ3v) is 2.81. The molecule has 1 N–H and O–H groups in total. The zero-order valence-corrected chi connectivity index (χ0v) is 9.94. The Balaban J connectivity index is 1.84. The van der Waals surface area contributed by atoms with E-state index in [-0.39, 0.29) is 0 Å². The topological polar surface area (TPSA) is 47.0 Å². The largest absolute Gasteiger partial charge is 0.490 e. The first kappa shape index (κ1) is 11.3. The molecule has 1 aliphatic rings. The van der Waals surface area contributed by atoms with Crippen LogP contribution in [0.1, 0.15) is 32.0 Å². The van der Waals surface area contributed by atoms with Crippen LogP contribution >= 0.6 is 0 Å². The van der Waals surface area contributed by atoms with Gasteiger partial charge in [-0.2, -0.15) is 0 Å². The molecular formula is C12H19N3O. The molecule has 1 saturated heterocycles. The molecule has 1 fully saturated rings. The van der Waals surface area contributed by atoms with Crippen molar-refractivity contribution in [1.29, 1.82) is 0 Å². The maximum Gasteiger partial charge on any atom is 0.155 e. The van der Waals surface area contributed by atoms with Crippen LogP contribution in [-0.2, 0) is 0 Å². The molecule has 0 bridgehead atoms. The summed E-state index contributed by atoms with van der Waals surface area (Å²) in [4.78, 5) is 8.54. The number of hydrogen-bond donors (Lipinski definition) is 1. The molecule has 4 heteroatoms. The normalized spacial score (nSPS) is 20.3. The van der Waals surface area contributed by atoms with Crippen LogP contribution in [-0.4, -0.2) is 29.7 Å². The Morgan fingerprint density at radius 2 is 2.19 bits per heavy atom. The second-order valence-electron chi connectivity index (χ2n) is 4.60. The van der Waals surface area contributed by atoms with Crippen LogP contribution in [0.4, 0.5) is 0 Å². The van der Waals surface area contributed by atoms with Crippen molar-refractivity contribution in [3.63, 3.8) is 0 Å². The summed E-state index contributed by atoms with van der Waals surface area (Å²) in [6.45, 7) is 7.10. The Labute approximate surface area is 96.4 Å². The van der Waals surface area contributed by atoms with Crippen LogP contribution in [0.15, 0.2) is 12.4 Å². The van der Waals surface area contributed by atoms with E-state index in [1.807, 2.05) is 0 Å². The van der Waals surface area contributed by atoms with E-state index in [9.17, 15) is 0 Å². The summed E-state index contributed by atoms with van der Waals surface area (Å²) in [5.41, 5.74) is 0. The lowest BCUT2D eigenvalue weighted by Gasteiger charge is -2.10. The minimum absolute atomic E-state index is 0.369. The van der Waals surface area contributed by atoms with Crippen molar-refractivity contribution < 1.29 is 4.74 Å². The number of nitrogens with zero attached hydrogens (tertiary/aromatic N) is 2. The SMILES string of the molecule is CC(C)c1ncc(OCC2CCNC2)cn1. The second kappa shape index (κ2) is 5.25. The first-order valence-electron chi connectivity index (χ1n) is 5.91. The first-order valence-corrected chi connectivity index (χ1v) is 5.91. The van der Waals surface area contributed by atoms with Crippen molar-refractivity contribution >= 4 is 0 Å². The van der Waals surface area contributed by atoms with Crippen molar-refractivity contribution in [2.75, 3.05) is 19.7 Å². The fraction of sp³-hybridized carbons (Fsp3) is 0.667. The van der Waals surface area contributed by atoms with Crippen molar-refractivity contribution in [3.05, 3.63) is 18.2 Å². The highest BCUT2D eigenvalue weighted by Crippen LogP contribution is 2.14. The van der Waals surface area contributed by atoms with Gasteiger partial charge in [-0.25, -0.2) is 9.97 Å². The molecule has 0 aromatic carbocycles. The molecule has 0 radical (unpaired) electrons. The van der Waals surface area contributed by atoms with Gasteiger partial charge < -0.3 is 10.1 Å². The van der Waals surface area contributed by atoms with Gasteiger partial charge in [0.2, 0.25) is 0 Å². The number of rotatable bonds is 4. The van der Waals surface area contributed by atoms with Gasteiger partial charge in [0.25, 0.3) is 0 Å². The van der Waals surface area contributed by atoms with Gasteiger partial charge in [-0.05, 0) is 13.0 Å². The molecule has 0 aliphatic carbocycles. The van der Waals surface area contributed by atoms with E-state index in [4.69, 9.17) is 4.74 Å².